The number of hydrogen-bond acceptors (Lipinski definition) is 4. The van der Waals surface area contributed by atoms with Gasteiger partial charge in [0, 0.05) is 0 Å². The maximum absolute atomic E-state index is 12.8. The summed E-state index contributed by atoms with van der Waals surface area (Å²) < 4.78 is 11.3. The molecule has 0 heterocycles. The molecule has 1 aromatic carbocycles. The van der Waals surface area contributed by atoms with Crippen molar-refractivity contribution in [1.82, 2.24) is 5.32 Å². The van der Waals surface area contributed by atoms with Crippen LogP contribution in [0.3, 0.4) is 0 Å². The maximum atomic E-state index is 12.8. The summed E-state index contributed by atoms with van der Waals surface area (Å²) in [6.07, 6.45) is 2.68. The van der Waals surface area contributed by atoms with Gasteiger partial charge in [0.25, 0.3) is 0 Å². The molecule has 1 saturated carbocycles. The molecule has 1 fully saturated rings. The average molecular weight is 404 g/mol. The fraction of sp³-hybridized carbons (Fsp3) is 0.667. The van der Waals surface area contributed by atoms with Crippen molar-refractivity contribution in [2.75, 3.05) is 0 Å². The Morgan fingerprint density at radius 2 is 1.79 bits per heavy atom. The van der Waals surface area contributed by atoms with Gasteiger partial charge in [-0.05, 0) is 56.9 Å². The second kappa shape index (κ2) is 10.1. The molecule has 0 saturated heterocycles. The highest BCUT2D eigenvalue weighted by molar-refractivity contribution is 5.73. The zero-order valence-corrected chi connectivity index (χ0v) is 18.7. The number of benzene rings is 1. The van der Waals surface area contributed by atoms with Crippen LogP contribution >= 0.6 is 0 Å². The highest BCUT2D eigenvalue weighted by Gasteiger charge is 2.34. The van der Waals surface area contributed by atoms with Crippen molar-refractivity contribution in [2.24, 2.45) is 17.8 Å². The highest BCUT2D eigenvalue weighted by Crippen LogP contribution is 2.35. The second-order valence-corrected chi connectivity index (χ2v) is 9.67. The number of nitrogens with one attached hydrogen (secondary N) is 1. The van der Waals surface area contributed by atoms with Crippen molar-refractivity contribution >= 4 is 12.1 Å². The topological polar surface area (TPSA) is 64.6 Å². The van der Waals surface area contributed by atoms with Crippen molar-refractivity contribution in [3.8, 4) is 0 Å². The number of carbonyl (C=O) groups is 2. The van der Waals surface area contributed by atoms with Gasteiger partial charge in [0.1, 0.15) is 11.7 Å². The third-order valence-corrected chi connectivity index (χ3v) is 5.51. The molecule has 29 heavy (non-hydrogen) atoms. The van der Waals surface area contributed by atoms with Gasteiger partial charge in [0.2, 0.25) is 0 Å². The molecule has 0 aromatic heterocycles. The van der Waals surface area contributed by atoms with Gasteiger partial charge in [0.05, 0.1) is 12.5 Å². The van der Waals surface area contributed by atoms with E-state index in [1.165, 1.54) is 6.42 Å². The van der Waals surface area contributed by atoms with Crippen LogP contribution in [0.25, 0.3) is 0 Å². The lowest BCUT2D eigenvalue weighted by atomic mass is 9.75. The first kappa shape index (κ1) is 23.2. The van der Waals surface area contributed by atoms with E-state index in [1.807, 2.05) is 51.1 Å². The Morgan fingerprint density at radius 1 is 1.14 bits per heavy atom. The Kier molecular flexibility index (Phi) is 8.12. The summed E-state index contributed by atoms with van der Waals surface area (Å²) in [7, 11) is 0. The van der Waals surface area contributed by atoms with Crippen LogP contribution in [0.1, 0.15) is 78.8 Å². The normalized spacial score (nSPS) is 23.3. The van der Waals surface area contributed by atoms with E-state index >= 15 is 0 Å². The molecular formula is C24H37NO4. The fourth-order valence-corrected chi connectivity index (χ4v) is 4.02. The van der Waals surface area contributed by atoms with Crippen LogP contribution in [0, 0.1) is 17.8 Å². The smallest absolute Gasteiger partial charge is 0.408 e. The third kappa shape index (κ3) is 7.71. The van der Waals surface area contributed by atoms with Crippen LogP contribution in [-0.4, -0.2) is 23.8 Å². The van der Waals surface area contributed by atoms with Gasteiger partial charge in [-0.25, -0.2) is 4.79 Å². The molecule has 0 unspecified atom stereocenters. The molecule has 162 valence electrons. The van der Waals surface area contributed by atoms with Gasteiger partial charge in [-0.2, -0.15) is 0 Å². The molecule has 1 aliphatic carbocycles. The average Bonchev–Trinajstić information content (AvgIpc) is 2.60. The minimum atomic E-state index is -0.603. The molecule has 1 amide bonds. The predicted molar refractivity (Wildman–Crippen MR) is 114 cm³/mol. The van der Waals surface area contributed by atoms with Crippen molar-refractivity contribution in [3.63, 3.8) is 0 Å². The van der Waals surface area contributed by atoms with Crippen molar-refractivity contribution < 1.29 is 19.1 Å². The van der Waals surface area contributed by atoms with Gasteiger partial charge in [-0.1, -0.05) is 57.5 Å². The molecule has 0 radical (unpaired) electrons. The Hall–Kier alpha value is -2.04. The van der Waals surface area contributed by atoms with E-state index in [9.17, 15) is 9.59 Å². The van der Waals surface area contributed by atoms with Gasteiger partial charge in [-0.15, -0.1) is 0 Å². The van der Waals surface area contributed by atoms with E-state index < -0.39 is 17.7 Å². The Balaban J connectivity index is 2.07. The lowest BCUT2D eigenvalue weighted by molar-refractivity contribution is -0.156. The third-order valence-electron chi connectivity index (χ3n) is 5.51. The number of alkyl carbamates (subject to hydrolysis) is 1. The van der Waals surface area contributed by atoms with Crippen molar-refractivity contribution in [3.05, 3.63) is 35.9 Å². The number of carbonyl (C=O) groups excluding carboxylic acids is 2. The van der Waals surface area contributed by atoms with Gasteiger partial charge < -0.3 is 14.8 Å². The Morgan fingerprint density at radius 3 is 2.38 bits per heavy atom. The minimum Gasteiger partial charge on any atom is -0.462 e. The van der Waals surface area contributed by atoms with Crippen LogP contribution in [-0.2, 0) is 14.3 Å². The van der Waals surface area contributed by atoms with E-state index in [2.05, 4.69) is 26.1 Å². The summed E-state index contributed by atoms with van der Waals surface area (Å²) in [5.74, 6) is 1.15. The lowest BCUT2D eigenvalue weighted by Crippen LogP contribution is -2.38. The lowest BCUT2D eigenvalue weighted by Gasteiger charge is -2.37. The summed E-state index contributed by atoms with van der Waals surface area (Å²) in [5, 5.41) is 2.84. The first-order chi connectivity index (χ1) is 13.5. The number of rotatable bonds is 6. The molecule has 0 aliphatic heterocycles. The van der Waals surface area contributed by atoms with Crippen molar-refractivity contribution in [2.45, 2.75) is 85.0 Å². The van der Waals surface area contributed by atoms with E-state index in [-0.39, 0.29) is 18.5 Å². The zero-order valence-electron chi connectivity index (χ0n) is 18.7. The quantitative estimate of drug-likeness (QED) is 0.624. The van der Waals surface area contributed by atoms with E-state index in [1.54, 1.807) is 0 Å². The summed E-state index contributed by atoms with van der Waals surface area (Å²) >= 11 is 0. The first-order valence-electron chi connectivity index (χ1n) is 10.8. The second-order valence-electron chi connectivity index (χ2n) is 9.67. The van der Waals surface area contributed by atoms with Crippen LogP contribution in [0.4, 0.5) is 4.79 Å². The SMILES string of the molecule is CC(C)[C@@H]1CC[C@@H](C)C[C@H]1OC(=O)C[C@@H](NC(=O)OC(C)(C)C)c1ccccc1. The molecule has 4 atom stereocenters. The summed E-state index contributed by atoms with van der Waals surface area (Å²) in [4.78, 5) is 25.1. The fourth-order valence-electron chi connectivity index (χ4n) is 4.02. The zero-order chi connectivity index (χ0) is 21.6. The van der Waals surface area contributed by atoms with Gasteiger partial charge in [0.15, 0.2) is 0 Å². The summed E-state index contributed by atoms with van der Waals surface area (Å²) in [5.41, 5.74) is 0.252. The van der Waals surface area contributed by atoms with E-state index in [0.717, 1.165) is 18.4 Å². The van der Waals surface area contributed by atoms with Crippen LogP contribution in [0.2, 0.25) is 0 Å². The molecule has 1 aliphatic rings. The maximum Gasteiger partial charge on any atom is 0.408 e. The van der Waals surface area contributed by atoms with Crippen molar-refractivity contribution in [1.29, 1.82) is 0 Å². The number of hydrogen-bond donors (Lipinski definition) is 1. The number of esters is 1. The molecule has 0 bridgehead atoms. The number of ether oxygens (including phenoxy) is 2. The first-order valence-corrected chi connectivity index (χ1v) is 10.8. The van der Waals surface area contributed by atoms with Gasteiger partial charge >= 0.3 is 12.1 Å². The van der Waals surface area contributed by atoms with E-state index in [4.69, 9.17) is 9.47 Å². The van der Waals surface area contributed by atoms with Crippen LogP contribution in [0.5, 0.6) is 0 Å². The standard InChI is InChI=1S/C24H37NO4/c1-16(2)19-13-12-17(3)14-21(19)28-22(26)15-20(18-10-8-7-9-11-18)25-23(27)29-24(4,5)6/h7-11,16-17,19-21H,12-15H2,1-6H3,(H,25,27)/t17-,19+,20-,21-/m1/s1. The molecule has 5 nitrogen and oxygen atoms in total. The summed E-state index contributed by atoms with van der Waals surface area (Å²) in [6.45, 7) is 12.0. The van der Waals surface area contributed by atoms with E-state index in [0.29, 0.717) is 17.8 Å². The molecule has 1 N–H and O–H groups in total. The van der Waals surface area contributed by atoms with Gasteiger partial charge in [-0.3, -0.25) is 4.79 Å². The molecular weight excluding hydrogens is 366 g/mol. The molecule has 0 spiro atoms. The highest BCUT2D eigenvalue weighted by atomic mass is 16.6. The minimum absolute atomic E-state index is 0.0517. The monoisotopic (exact) mass is 403 g/mol. The largest absolute Gasteiger partial charge is 0.462 e. The predicted octanol–water partition coefficient (Wildman–Crippen LogP) is 5.65. The Labute approximate surface area is 175 Å². The summed E-state index contributed by atoms with van der Waals surface area (Å²) in [6, 6.07) is 8.99. The molecule has 1 aromatic rings. The molecule has 5 heteroatoms. The van der Waals surface area contributed by atoms with Crippen LogP contribution in [0.15, 0.2) is 30.3 Å². The Bertz CT molecular complexity index is 665. The van der Waals surface area contributed by atoms with Crippen LogP contribution < -0.4 is 5.32 Å². The number of amides is 1. The molecule has 2 rings (SSSR count).